The molecule has 4 heterocycles. The number of nitrogen functional groups attached to an aromatic ring is 1. The normalized spacial score (nSPS) is 19.1. The molecule has 4 aliphatic heterocycles. The highest BCUT2D eigenvalue weighted by molar-refractivity contribution is 6.07. The lowest BCUT2D eigenvalue weighted by atomic mass is 9.98. The van der Waals surface area contributed by atoms with Crippen molar-refractivity contribution < 1.29 is 63.3 Å². The third kappa shape index (κ3) is 8.97. The number of benzene rings is 2. The van der Waals surface area contributed by atoms with Gasteiger partial charge in [0.15, 0.2) is 0 Å². The van der Waals surface area contributed by atoms with Gasteiger partial charge in [0.1, 0.15) is 30.7 Å². The average Bonchev–Trinajstić information content (AvgIpc) is 3.55. The van der Waals surface area contributed by atoms with Crippen molar-refractivity contribution in [2.45, 2.75) is 70.1 Å². The summed E-state index contributed by atoms with van der Waals surface area (Å²) in [6.45, 7) is 0.490. The molecule has 51 heavy (non-hydrogen) atoms. The van der Waals surface area contributed by atoms with Gasteiger partial charge in [-0.1, -0.05) is 18.2 Å². The number of anilines is 1. The largest absolute Gasteiger partial charge is 0.481 e. The molecular weight excluding hydrogens is 674 g/mol. The van der Waals surface area contributed by atoms with Crippen LogP contribution in [0.25, 0.3) is 0 Å². The van der Waals surface area contributed by atoms with Gasteiger partial charge in [-0.3, -0.25) is 58.6 Å². The number of carbonyl (C=O) groups excluding carboxylic acids is 7. The van der Waals surface area contributed by atoms with Crippen LogP contribution in [-0.4, -0.2) is 96.3 Å². The molecule has 2 fully saturated rings. The average molecular weight is 708 g/mol. The molecule has 268 valence electrons. The number of rotatable bonds is 8. The van der Waals surface area contributed by atoms with Crippen molar-refractivity contribution in [3.8, 4) is 0 Å². The van der Waals surface area contributed by atoms with Gasteiger partial charge in [-0.05, 0) is 42.2 Å². The van der Waals surface area contributed by atoms with Gasteiger partial charge in [-0.15, -0.1) is 0 Å². The van der Waals surface area contributed by atoms with Crippen LogP contribution in [-0.2, 0) is 57.9 Å². The highest BCUT2D eigenvalue weighted by Crippen LogP contribution is 2.31. The molecule has 4 aliphatic rings. The molecule has 2 aromatic carbocycles. The summed E-state index contributed by atoms with van der Waals surface area (Å²) in [7, 11) is 0. The molecule has 0 saturated carbocycles. The molecule has 18 heteroatoms. The summed E-state index contributed by atoms with van der Waals surface area (Å²) in [6.07, 6.45) is -0.408. The van der Waals surface area contributed by atoms with Gasteiger partial charge in [-0.2, -0.15) is 0 Å². The van der Waals surface area contributed by atoms with E-state index in [1.807, 2.05) is 0 Å². The standard InChI is InChI=1S/C17H16N2O6.C13H13N3O3.C3H4O4/c20-10(7-15(22)23)6-9-2-1-3-11-12(9)8-19(17(11)25)13-4-5-14(21)18-16(13)24;14-9-3-1-2-7-8(9)6-16(13(7)19)10-4-5-11(17)15-12(10)18;4-2(5)1-3(6)7/h1-3,13H,4-8H2,(H,22,23)(H,18,21,24);1-3,10H,4-6,14H2,(H,15,17,18);1H2,(H,4,5)(H,6,7). The number of ketones is 1. The quantitative estimate of drug-likeness (QED) is 0.116. The topological polar surface area (TPSA) is 288 Å². The lowest BCUT2D eigenvalue weighted by molar-refractivity contribution is -0.147. The predicted octanol–water partition coefficient (Wildman–Crippen LogP) is -0.391. The van der Waals surface area contributed by atoms with E-state index in [1.165, 1.54) is 9.80 Å². The Kier molecular flexibility index (Phi) is 11.6. The van der Waals surface area contributed by atoms with E-state index in [0.29, 0.717) is 40.9 Å². The number of amides is 6. The van der Waals surface area contributed by atoms with Crippen LogP contribution in [0, 0.1) is 0 Å². The molecule has 0 bridgehead atoms. The fraction of sp³-hybridized carbons (Fsp3) is 0.333. The van der Waals surface area contributed by atoms with E-state index in [9.17, 15) is 47.9 Å². The summed E-state index contributed by atoms with van der Waals surface area (Å²) in [5.41, 5.74) is 9.35. The zero-order valence-corrected chi connectivity index (χ0v) is 26.9. The smallest absolute Gasteiger partial charge is 0.314 e. The van der Waals surface area contributed by atoms with Crippen molar-refractivity contribution in [1.82, 2.24) is 20.4 Å². The first kappa shape index (κ1) is 37.4. The number of fused-ring (bicyclic) bond motifs is 2. The summed E-state index contributed by atoms with van der Waals surface area (Å²) in [5.74, 6) is -6.34. The fourth-order valence-corrected chi connectivity index (χ4v) is 6.00. The Balaban J connectivity index is 0.000000198. The van der Waals surface area contributed by atoms with E-state index < -0.39 is 60.4 Å². The lowest BCUT2D eigenvalue weighted by Gasteiger charge is -2.29. The van der Waals surface area contributed by atoms with E-state index in [1.54, 1.807) is 36.4 Å². The number of hydrogen-bond donors (Lipinski definition) is 6. The molecule has 0 aromatic heterocycles. The molecule has 18 nitrogen and oxygen atoms in total. The Bertz CT molecular complexity index is 1840. The van der Waals surface area contributed by atoms with Crippen molar-refractivity contribution in [3.05, 3.63) is 64.2 Å². The molecule has 6 amide bonds. The molecule has 6 rings (SSSR count). The number of carbonyl (C=O) groups is 10. The number of nitrogens with zero attached hydrogens (tertiary/aromatic N) is 2. The maximum absolute atomic E-state index is 12.6. The first-order valence-corrected chi connectivity index (χ1v) is 15.5. The summed E-state index contributed by atoms with van der Waals surface area (Å²) in [4.78, 5) is 115. The van der Waals surface area contributed by atoms with Gasteiger partial charge in [0.25, 0.3) is 11.8 Å². The zero-order valence-electron chi connectivity index (χ0n) is 26.9. The first-order valence-electron chi connectivity index (χ1n) is 15.5. The van der Waals surface area contributed by atoms with Crippen molar-refractivity contribution >= 4 is 64.8 Å². The van der Waals surface area contributed by atoms with Gasteiger partial charge in [-0.25, -0.2) is 0 Å². The number of nitrogens with one attached hydrogen (secondary N) is 2. The molecule has 2 atom stereocenters. The van der Waals surface area contributed by atoms with Gasteiger partial charge < -0.3 is 30.9 Å². The zero-order chi connectivity index (χ0) is 37.6. The van der Waals surface area contributed by atoms with Crippen LogP contribution in [0.2, 0.25) is 0 Å². The number of aliphatic carboxylic acids is 3. The second-order valence-corrected chi connectivity index (χ2v) is 11.9. The number of piperidine rings is 2. The minimum atomic E-state index is -1.31. The summed E-state index contributed by atoms with van der Waals surface area (Å²) in [6, 6.07) is 8.79. The minimum absolute atomic E-state index is 0.0774. The van der Waals surface area contributed by atoms with Crippen LogP contribution in [0.15, 0.2) is 36.4 Å². The molecule has 0 spiro atoms. The van der Waals surface area contributed by atoms with Gasteiger partial charge in [0.2, 0.25) is 23.6 Å². The van der Waals surface area contributed by atoms with E-state index in [4.69, 9.17) is 21.1 Å². The lowest BCUT2D eigenvalue weighted by Crippen LogP contribution is -2.52. The Morgan fingerprint density at radius 3 is 1.55 bits per heavy atom. The molecule has 0 radical (unpaired) electrons. The summed E-state index contributed by atoms with van der Waals surface area (Å²) < 4.78 is 0. The first-order chi connectivity index (χ1) is 24.1. The van der Waals surface area contributed by atoms with E-state index >= 15 is 0 Å². The Morgan fingerprint density at radius 1 is 0.667 bits per heavy atom. The molecule has 7 N–H and O–H groups in total. The second-order valence-electron chi connectivity index (χ2n) is 11.9. The second kappa shape index (κ2) is 15.8. The van der Waals surface area contributed by atoms with Crippen LogP contribution in [0.4, 0.5) is 5.69 Å². The fourth-order valence-electron chi connectivity index (χ4n) is 6.00. The third-order valence-electron chi connectivity index (χ3n) is 8.34. The van der Waals surface area contributed by atoms with Gasteiger partial charge in [0, 0.05) is 54.7 Å². The number of hydrogen-bond acceptors (Lipinski definition) is 11. The summed E-state index contributed by atoms with van der Waals surface area (Å²) in [5, 5.41) is 28.6. The van der Waals surface area contributed by atoms with Crippen molar-refractivity contribution in [2.24, 2.45) is 0 Å². The minimum Gasteiger partial charge on any atom is -0.481 e. The molecule has 2 aromatic rings. The van der Waals surface area contributed by atoms with E-state index in [-0.39, 0.29) is 55.9 Å². The summed E-state index contributed by atoms with van der Waals surface area (Å²) >= 11 is 0. The molecular formula is C33H33N5O13. The number of carboxylic acid groups (broad SMARTS) is 3. The SMILES string of the molecule is Nc1cccc2c1CN(C1CCC(=O)NC1=O)C2=O.O=C(O)CC(=O)Cc1cccc2c1CN(C1CCC(=O)NC1=O)C2=O.O=C(O)CC(=O)O. The number of nitrogens with two attached hydrogens (primary N) is 1. The van der Waals surface area contributed by atoms with Crippen LogP contribution in [0.5, 0.6) is 0 Å². The highest BCUT2D eigenvalue weighted by atomic mass is 16.4. The van der Waals surface area contributed by atoms with E-state index in [0.717, 1.165) is 5.56 Å². The number of Topliss-reactive ketones (excluding diaryl/α,β-unsaturated/α-hetero) is 1. The van der Waals surface area contributed by atoms with Crippen molar-refractivity contribution in [1.29, 1.82) is 0 Å². The van der Waals surface area contributed by atoms with Crippen molar-refractivity contribution in [2.75, 3.05) is 5.73 Å². The van der Waals surface area contributed by atoms with Gasteiger partial charge in [0.05, 0.1) is 0 Å². The Labute approximate surface area is 288 Å². The van der Waals surface area contributed by atoms with Gasteiger partial charge >= 0.3 is 17.9 Å². The maximum Gasteiger partial charge on any atom is 0.314 e. The highest BCUT2D eigenvalue weighted by Gasteiger charge is 2.41. The monoisotopic (exact) mass is 707 g/mol. The van der Waals surface area contributed by atoms with Crippen LogP contribution >= 0.6 is 0 Å². The number of imide groups is 2. The molecule has 2 saturated heterocycles. The van der Waals surface area contributed by atoms with Crippen LogP contribution in [0.1, 0.15) is 75.9 Å². The van der Waals surface area contributed by atoms with E-state index in [2.05, 4.69) is 10.6 Å². The van der Waals surface area contributed by atoms with Crippen LogP contribution in [0.3, 0.4) is 0 Å². The molecule has 2 unspecified atom stereocenters. The Morgan fingerprint density at radius 2 is 1.12 bits per heavy atom. The third-order valence-corrected chi connectivity index (χ3v) is 8.34. The predicted molar refractivity (Wildman–Crippen MR) is 170 cm³/mol. The van der Waals surface area contributed by atoms with Crippen LogP contribution < -0.4 is 16.4 Å². The number of carboxylic acids is 3. The van der Waals surface area contributed by atoms with Crippen molar-refractivity contribution in [3.63, 3.8) is 0 Å². The maximum atomic E-state index is 12.6. The Hall–Kier alpha value is -6.46. The molecule has 0 aliphatic carbocycles.